The third-order valence-electron chi connectivity index (χ3n) is 5.80. The second-order valence-electron chi connectivity index (χ2n) is 7.93. The zero-order chi connectivity index (χ0) is 23.6. The van der Waals surface area contributed by atoms with Crippen LogP contribution in [0.3, 0.4) is 0 Å². The number of hydrogen-bond acceptors (Lipinski definition) is 5. The van der Waals surface area contributed by atoms with E-state index in [2.05, 4.69) is 22.1 Å². The van der Waals surface area contributed by atoms with Crippen LogP contribution in [0.2, 0.25) is 0 Å². The number of ether oxygens (including phenoxy) is 1. The number of aromatic nitrogens is 2. The first-order valence-corrected chi connectivity index (χ1v) is 10.4. The lowest BCUT2D eigenvalue weighted by Crippen LogP contribution is -2.32. The van der Waals surface area contributed by atoms with Gasteiger partial charge in [0, 0.05) is 42.5 Å². The van der Waals surface area contributed by atoms with Crippen molar-refractivity contribution in [2.45, 2.75) is 12.2 Å². The molecule has 2 aromatic carbocycles. The third kappa shape index (κ3) is 4.68. The van der Waals surface area contributed by atoms with Gasteiger partial charge in [0.2, 0.25) is 5.91 Å². The van der Waals surface area contributed by atoms with Crippen molar-refractivity contribution in [1.82, 2.24) is 15.1 Å². The fourth-order valence-electron chi connectivity index (χ4n) is 4.14. The Hall–Kier alpha value is -3.46. The molecule has 33 heavy (non-hydrogen) atoms. The largest absolute Gasteiger partial charge is 0.416 e. The molecule has 172 valence electrons. The molecule has 1 saturated heterocycles. The topological polar surface area (TPSA) is 67.3 Å². The van der Waals surface area contributed by atoms with Crippen LogP contribution in [-0.2, 0) is 15.7 Å². The molecule has 1 amide bonds. The van der Waals surface area contributed by atoms with Crippen molar-refractivity contribution in [3.05, 3.63) is 66.7 Å². The van der Waals surface area contributed by atoms with Gasteiger partial charge in [-0.1, -0.05) is 43.0 Å². The van der Waals surface area contributed by atoms with E-state index in [1.54, 1.807) is 12.0 Å². The van der Waals surface area contributed by atoms with Crippen molar-refractivity contribution < 1.29 is 22.7 Å². The van der Waals surface area contributed by atoms with Gasteiger partial charge in [0.1, 0.15) is 5.69 Å². The Morgan fingerprint density at radius 3 is 2.48 bits per heavy atom. The number of carbonyl (C=O) groups is 1. The second kappa shape index (κ2) is 9.19. The summed E-state index contributed by atoms with van der Waals surface area (Å²) in [6.07, 6.45) is -3.11. The Labute approximate surface area is 189 Å². The van der Waals surface area contributed by atoms with Crippen LogP contribution in [0.4, 0.5) is 19.0 Å². The second-order valence-corrected chi connectivity index (χ2v) is 7.93. The molecule has 0 radical (unpaired) electrons. The Bertz CT molecular complexity index is 1160. The van der Waals surface area contributed by atoms with Crippen LogP contribution in [0.1, 0.15) is 5.56 Å². The number of hydrogen-bond donors (Lipinski definition) is 1. The summed E-state index contributed by atoms with van der Waals surface area (Å²) in [5, 5.41) is 13.6. The smallest absolute Gasteiger partial charge is 0.384 e. The number of amides is 1. The van der Waals surface area contributed by atoms with Crippen LogP contribution in [0.15, 0.2) is 61.2 Å². The zero-order valence-electron chi connectivity index (χ0n) is 18.0. The molecule has 0 spiro atoms. The van der Waals surface area contributed by atoms with Gasteiger partial charge in [-0.15, -0.1) is 10.2 Å². The highest BCUT2D eigenvalue weighted by Crippen LogP contribution is 2.34. The van der Waals surface area contributed by atoms with E-state index in [1.807, 2.05) is 24.3 Å². The molecule has 4 rings (SSSR count). The van der Waals surface area contributed by atoms with Crippen molar-refractivity contribution >= 4 is 22.5 Å². The lowest BCUT2D eigenvalue weighted by Gasteiger charge is -2.20. The summed E-state index contributed by atoms with van der Waals surface area (Å²) in [7, 11) is 1.61. The highest BCUT2D eigenvalue weighted by Gasteiger charge is 2.35. The minimum absolute atomic E-state index is 0.0500. The number of methoxy groups -OCH3 is 1. The van der Waals surface area contributed by atoms with Gasteiger partial charge >= 0.3 is 6.18 Å². The predicted octanol–water partition coefficient (Wildman–Crippen LogP) is 4.39. The molecule has 0 saturated carbocycles. The molecule has 1 aliphatic heterocycles. The van der Waals surface area contributed by atoms with Gasteiger partial charge in [-0.2, -0.15) is 13.2 Å². The average Bonchev–Trinajstić information content (AvgIpc) is 3.21. The maximum Gasteiger partial charge on any atom is 0.416 e. The molecule has 1 fully saturated rings. The summed E-state index contributed by atoms with van der Waals surface area (Å²) in [4.78, 5) is 13.8. The summed E-state index contributed by atoms with van der Waals surface area (Å²) in [6.45, 7) is 5.02. The molecule has 0 aliphatic carbocycles. The maximum atomic E-state index is 12.9. The number of nitrogens with zero attached hydrogens (tertiary/aromatic N) is 3. The van der Waals surface area contributed by atoms with Crippen LogP contribution in [0.5, 0.6) is 0 Å². The monoisotopic (exact) mass is 456 g/mol. The summed E-state index contributed by atoms with van der Waals surface area (Å²) >= 11 is 0. The van der Waals surface area contributed by atoms with E-state index in [4.69, 9.17) is 4.74 Å². The van der Waals surface area contributed by atoms with E-state index in [9.17, 15) is 18.0 Å². The third-order valence-corrected chi connectivity index (χ3v) is 5.80. The standard InChI is InChI=1S/C24H23F3N4O2/c1-3-21(32)31-12-16(14-33-2)20(13-31)28-23-19-7-5-4-6-18(19)22(29-30-23)15-8-10-17(11-9-15)24(25,26)27/h3-11,16,20H,1,12-14H2,2H3,(H,28,30)/t16-,20+/m0/s1. The number of halogens is 3. The molecule has 0 bridgehead atoms. The van der Waals surface area contributed by atoms with E-state index in [0.29, 0.717) is 36.8 Å². The number of benzene rings is 2. The first kappa shape index (κ1) is 22.7. The molecule has 9 heteroatoms. The molecule has 2 heterocycles. The Balaban J connectivity index is 1.67. The van der Waals surface area contributed by atoms with Gasteiger partial charge in [0.15, 0.2) is 5.82 Å². The molecular formula is C24H23F3N4O2. The van der Waals surface area contributed by atoms with E-state index in [1.165, 1.54) is 18.2 Å². The molecule has 3 aromatic rings. The Kier molecular flexibility index (Phi) is 6.33. The van der Waals surface area contributed by atoms with Gasteiger partial charge in [-0.05, 0) is 18.2 Å². The molecule has 1 aliphatic rings. The van der Waals surface area contributed by atoms with Gasteiger partial charge < -0.3 is 15.0 Å². The van der Waals surface area contributed by atoms with Gasteiger partial charge in [0.25, 0.3) is 0 Å². The summed E-state index contributed by atoms with van der Waals surface area (Å²) in [6, 6.07) is 12.2. The van der Waals surface area contributed by atoms with Crippen LogP contribution < -0.4 is 5.32 Å². The van der Waals surface area contributed by atoms with Crippen LogP contribution >= 0.6 is 0 Å². The molecule has 0 unspecified atom stereocenters. The van der Waals surface area contributed by atoms with Crippen molar-refractivity contribution in [3.63, 3.8) is 0 Å². The first-order valence-electron chi connectivity index (χ1n) is 10.4. The Morgan fingerprint density at radius 1 is 1.15 bits per heavy atom. The number of likely N-dealkylation sites (tertiary alicyclic amines) is 1. The lowest BCUT2D eigenvalue weighted by atomic mass is 10.0. The number of anilines is 1. The number of fused-ring (bicyclic) bond motifs is 1. The highest BCUT2D eigenvalue weighted by atomic mass is 19.4. The van der Waals surface area contributed by atoms with Crippen LogP contribution in [-0.4, -0.2) is 53.9 Å². The molecule has 2 atom stereocenters. The average molecular weight is 456 g/mol. The summed E-state index contributed by atoms with van der Waals surface area (Å²) in [5.74, 6) is 0.448. The van der Waals surface area contributed by atoms with Gasteiger partial charge in [0.05, 0.1) is 18.2 Å². The normalized spacial score (nSPS) is 18.5. The molecule has 1 aromatic heterocycles. The summed E-state index contributed by atoms with van der Waals surface area (Å²) in [5.41, 5.74) is 0.318. The lowest BCUT2D eigenvalue weighted by molar-refractivity contribution is -0.137. The maximum absolute atomic E-state index is 12.9. The quantitative estimate of drug-likeness (QED) is 0.558. The zero-order valence-corrected chi connectivity index (χ0v) is 18.0. The number of rotatable bonds is 6. The number of nitrogens with one attached hydrogen (secondary N) is 1. The van der Waals surface area contributed by atoms with Crippen molar-refractivity contribution in [1.29, 1.82) is 0 Å². The SMILES string of the molecule is C=CC(=O)N1C[C@@H](COC)[C@H](Nc2nnc(-c3ccc(C(F)(F)F)cc3)c3ccccc23)C1. The molecular weight excluding hydrogens is 433 g/mol. The highest BCUT2D eigenvalue weighted by molar-refractivity contribution is 6.00. The van der Waals surface area contributed by atoms with Crippen LogP contribution in [0, 0.1) is 5.92 Å². The minimum Gasteiger partial charge on any atom is -0.384 e. The van der Waals surface area contributed by atoms with E-state index in [0.717, 1.165) is 22.9 Å². The van der Waals surface area contributed by atoms with Crippen molar-refractivity contribution in [2.24, 2.45) is 5.92 Å². The van der Waals surface area contributed by atoms with E-state index < -0.39 is 11.7 Å². The van der Waals surface area contributed by atoms with Crippen LogP contribution in [0.25, 0.3) is 22.0 Å². The number of carbonyl (C=O) groups excluding carboxylic acids is 1. The molecule has 1 N–H and O–H groups in total. The summed E-state index contributed by atoms with van der Waals surface area (Å²) < 4.78 is 44.1. The Morgan fingerprint density at radius 2 is 1.85 bits per heavy atom. The van der Waals surface area contributed by atoms with Gasteiger partial charge in [-0.3, -0.25) is 4.79 Å². The van der Waals surface area contributed by atoms with Crippen molar-refractivity contribution in [2.75, 3.05) is 32.1 Å². The fourth-order valence-corrected chi connectivity index (χ4v) is 4.14. The number of alkyl halides is 3. The predicted molar refractivity (Wildman–Crippen MR) is 120 cm³/mol. The van der Waals surface area contributed by atoms with Crippen molar-refractivity contribution in [3.8, 4) is 11.3 Å². The van der Waals surface area contributed by atoms with E-state index in [-0.39, 0.29) is 17.9 Å². The fraction of sp³-hybridized carbons (Fsp3) is 0.292. The molecule has 6 nitrogen and oxygen atoms in total. The van der Waals surface area contributed by atoms with Gasteiger partial charge in [-0.25, -0.2) is 0 Å². The van der Waals surface area contributed by atoms with E-state index >= 15 is 0 Å². The first-order chi connectivity index (χ1) is 15.8. The minimum atomic E-state index is -4.40.